The highest BCUT2D eigenvalue weighted by atomic mass is 79.9. The van der Waals surface area contributed by atoms with Crippen LogP contribution in [-0.2, 0) is 0 Å². The Morgan fingerprint density at radius 2 is 2.23 bits per heavy atom. The molecule has 0 aliphatic carbocycles. The van der Waals surface area contributed by atoms with Gasteiger partial charge in [-0.15, -0.1) is 11.3 Å². The average molecular weight is 257 g/mol. The maximum atomic E-state index is 5.60. The van der Waals surface area contributed by atoms with Crippen molar-refractivity contribution in [3.05, 3.63) is 21.6 Å². The number of hydrogen-bond donors (Lipinski definition) is 1. The molecule has 0 aliphatic heterocycles. The molecule has 0 aromatic carbocycles. The molecule has 13 heavy (non-hydrogen) atoms. The fourth-order valence-electron chi connectivity index (χ4n) is 0.827. The van der Waals surface area contributed by atoms with Crippen molar-refractivity contribution in [1.82, 2.24) is 15.0 Å². The van der Waals surface area contributed by atoms with E-state index in [1.54, 1.807) is 11.7 Å². The summed E-state index contributed by atoms with van der Waals surface area (Å²) in [5.74, 6) is 0.986. The number of anilines is 1. The molecule has 0 unspecified atom stereocenters. The van der Waals surface area contributed by atoms with Crippen LogP contribution in [0, 0.1) is 0 Å². The third-order valence-electron chi connectivity index (χ3n) is 1.43. The summed E-state index contributed by atoms with van der Waals surface area (Å²) in [6.07, 6.45) is 1.62. The van der Waals surface area contributed by atoms with Crippen LogP contribution >= 0.6 is 27.3 Å². The van der Waals surface area contributed by atoms with E-state index >= 15 is 0 Å². The summed E-state index contributed by atoms with van der Waals surface area (Å²) in [6.45, 7) is 0. The maximum Gasteiger partial charge on any atom is 0.181 e. The third-order valence-corrected chi connectivity index (χ3v) is 2.63. The number of nitrogen functional groups attached to an aromatic ring is 1. The van der Waals surface area contributed by atoms with Crippen LogP contribution in [0.1, 0.15) is 0 Å². The smallest absolute Gasteiger partial charge is 0.181 e. The Labute approximate surface area is 87.0 Å². The SMILES string of the molecule is Nc1nc(-c2cscn2)ncc1Br. The van der Waals surface area contributed by atoms with Crippen LogP contribution in [0.4, 0.5) is 5.82 Å². The molecular formula is C7H5BrN4S. The van der Waals surface area contributed by atoms with Crippen molar-refractivity contribution in [2.75, 3.05) is 5.73 Å². The zero-order chi connectivity index (χ0) is 9.26. The van der Waals surface area contributed by atoms with E-state index < -0.39 is 0 Å². The highest BCUT2D eigenvalue weighted by Crippen LogP contribution is 2.20. The van der Waals surface area contributed by atoms with Gasteiger partial charge >= 0.3 is 0 Å². The Bertz CT molecular complexity index is 414. The molecule has 0 radical (unpaired) electrons. The Morgan fingerprint density at radius 3 is 2.85 bits per heavy atom. The predicted octanol–water partition coefficient (Wildman–Crippen LogP) is 1.94. The minimum absolute atomic E-state index is 0.429. The molecule has 2 N–H and O–H groups in total. The van der Waals surface area contributed by atoms with Gasteiger partial charge in [-0.3, -0.25) is 0 Å². The van der Waals surface area contributed by atoms with Crippen LogP contribution in [0.3, 0.4) is 0 Å². The minimum atomic E-state index is 0.429. The van der Waals surface area contributed by atoms with Crippen molar-refractivity contribution < 1.29 is 0 Å². The van der Waals surface area contributed by atoms with Crippen LogP contribution in [-0.4, -0.2) is 15.0 Å². The Balaban J connectivity index is 2.49. The van der Waals surface area contributed by atoms with Gasteiger partial charge in [0.05, 0.1) is 9.98 Å². The normalized spacial score (nSPS) is 10.2. The lowest BCUT2D eigenvalue weighted by Gasteiger charge is -1.98. The predicted molar refractivity (Wildman–Crippen MR) is 55.3 cm³/mol. The number of hydrogen-bond acceptors (Lipinski definition) is 5. The van der Waals surface area contributed by atoms with Gasteiger partial charge in [0.25, 0.3) is 0 Å². The fraction of sp³-hybridized carbons (Fsp3) is 0. The van der Waals surface area contributed by atoms with Crippen molar-refractivity contribution in [3.8, 4) is 11.5 Å². The number of rotatable bonds is 1. The summed E-state index contributed by atoms with van der Waals surface area (Å²) in [5, 5.41) is 1.88. The second-order valence-corrected chi connectivity index (χ2v) is 3.87. The van der Waals surface area contributed by atoms with E-state index in [0.717, 1.165) is 5.69 Å². The lowest BCUT2D eigenvalue weighted by atomic mass is 10.4. The monoisotopic (exact) mass is 256 g/mol. The molecular weight excluding hydrogens is 252 g/mol. The molecule has 6 heteroatoms. The second-order valence-electron chi connectivity index (χ2n) is 2.30. The first kappa shape index (κ1) is 8.58. The van der Waals surface area contributed by atoms with Crippen molar-refractivity contribution >= 4 is 33.1 Å². The van der Waals surface area contributed by atoms with Gasteiger partial charge in [-0.2, -0.15) is 0 Å². The molecule has 2 aromatic rings. The van der Waals surface area contributed by atoms with Crippen LogP contribution in [0.5, 0.6) is 0 Å². The first-order valence-corrected chi connectivity index (χ1v) is 5.17. The molecule has 2 heterocycles. The number of nitrogens with zero attached hydrogens (tertiary/aromatic N) is 3. The highest BCUT2D eigenvalue weighted by molar-refractivity contribution is 9.10. The van der Waals surface area contributed by atoms with Crippen molar-refractivity contribution in [2.24, 2.45) is 0 Å². The Kier molecular flexibility index (Phi) is 2.24. The number of halogens is 1. The molecule has 0 aliphatic rings. The number of nitrogens with two attached hydrogens (primary N) is 1. The molecule has 0 spiro atoms. The van der Waals surface area contributed by atoms with Gasteiger partial charge in [0, 0.05) is 11.6 Å². The summed E-state index contributed by atoms with van der Waals surface area (Å²) in [5.41, 5.74) is 8.09. The van der Waals surface area contributed by atoms with Crippen molar-refractivity contribution in [1.29, 1.82) is 0 Å². The van der Waals surface area contributed by atoms with Gasteiger partial charge in [0.1, 0.15) is 11.5 Å². The largest absolute Gasteiger partial charge is 0.383 e. The van der Waals surface area contributed by atoms with Crippen LogP contribution in [0.25, 0.3) is 11.5 Å². The van der Waals surface area contributed by atoms with Crippen LogP contribution < -0.4 is 5.73 Å². The molecule has 0 fully saturated rings. The van der Waals surface area contributed by atoms with E-state index in [1.165, 1.54) is 11.3 Å². The van der Waals surface area contributed by atoms with Gasteiger partial charge in [-0.05, 0) is 15.9 Å². The number of aromatic nitrogens is 3. The molecule has 0 saturated heterocycles. The Morgan fingerprint density at radius 1 is 1.38 bits per heavy atom. The summed E-state index contributed by atoms with van der Waals surface area (Å²) in [7, 11) is 0. The zero-order valence-corrected chi connectivity index (χ0v) is 8.84. The Hall–Kier alpha value is -1.01. The fourth-order valence-corrected chi connectivity index (χ4v) is 1.55. The molecule has 2 aromatic heterocycles. The first-order chi connectivity index (χ1) is 6.27. The first-order valence-electron chi connectivity index (χ1n) is 3.44. The van der Waals surface area contributed by atoms with E-state index in [1.807, 2.05) is 5.38 Å². The van der Waals surface area contributed by atoms with Crippen LogP contribution in [0.2, 0.25) is 0 Å². The van der Waals surface area contributed by atoms with Gasteiger partial charge in [0.15, 0.2) is 5.82 Å². The van der Waals surface area contributed by atoms with E-state index in [0.29, 0.717) is 16.1 Å². The van der Waals surface area contributed by atoms with Crippen LogP contribution in [0.15, 0.2) is 21.6 Å². The molecule has 0 bridgehead atoms. The lowest BCUT2D eigenvalue weighted by molar-refractivity contribution is 1.15. The molecule has 0 amide bonds. The van der Waals surface area contributed by atoms with Gasteiger partial charge in [-0.25, -0.2) is 15.0 Å². The maximum absolute atomic E-state index is 5.60. The van der Waals surface area contributed by atoms with Gasteiger partial charge in [0.2, 0.25) is 0 Å². The third kappa shape index (κ3) is 1.68. The standard InChI is InChI=1S/C7H5BrN4S/c8-4-1-10-7(12-6(4)9)5-2-13-3-11-5/h1-3H,(H2,9,10,12). The van der Waals surface area contributed by atoms with E-state index in [2.05, 4.69) is 30.9 Å². The highest BCUT2D eigenvalue weighted by Gasteiger charge is 2.05. The second kappa shape index (κ2) is 3.39. The summed E-state index contributed by atoms with van der Waals surface area (Å²) >= 11 is 4.73. The van der Waals surface area contributed by atoms with Gasteiger partial charge in [-0.1, -0.05) is 0 Å². The molecule has 2 rings (SSSR count). The summed E-state index contributed by atoms with van der Waals surface area (Å²) in [4.78, 5) is 12.2. The minimum Gasteiger partial charge on any atom is -0.383 e. The van der Waals surface area contributed by atoms with E-state index in [4.69, 9.17) is 5.73 Å². The average Bonchev–Trinajstić information content (AvgIpc) is 2.62. The quantitative estimate of drug-likeness (QED) is 0.847. The molecule has 66 valence electrons. The van der Waals surface area contributed by atoms with E-state index in [-0.39, 0.29) is 0 Å². The van der Waals surface area contributed by atoms with Gasteiger partial charge < -0.3 is 5.73 Å². The number of thiazole rings is 1. The zero-order valence-electron chi connectivity index (χ0n) is 6.44. The van der Waals surface area contributed by atoms with E-state index in [9.17, 15) is 0 Å². The lowest BCUT2D eigenvalue weighted by Crippen LogP contribution is -1.96. The topological polar surface area (TPSA) is 64.7 Å². The molecule has 0 atom stereocenters. The molecule has 0 saturated carbocycles. The van der Waals surface area contributed by atoms with Crippen molar-refractivity contribution in [3.63, 3.8) is 0 Å². The van der Waals surface area contributed by atoms with Crippen molar-refractivity contribution in [2.45, 2.75) is 0 Å². The summed E-state index contributed by atoms with van der Waals surface area (Å²) < 4.78 is 0.700. The summed E-state index contributed by atoms with van der Waals surface area (Å²) in [6, 6.07) is 0. The molecule has 4 nitrogen and oxygen atoms in total.